The number of thiazole rings is 1. The Labute approximate surface area is 216 Å². The number of alkyl halides is 4. The number of halogens is 4. The molecule has 3 N–H and O–H groups in total. The van der Waals surface area contributed by atoms with E-state index in [1.54, 1.807) is 5.51 Å². The van der Waals surface area contributed by atoms with Crippen LogP contribution in [0.15, 0.2) is 5.51 Å². The van der Waals surface area contributed by atoms with E-state index < -0.39 is 51.0 Å². The fraction of sp³-hybridized carbons (Fsp3) is 0.857. The molecule has 0 saturated carbocycles. The molecule has 2 atom stereocenters. The molecule has 0 aliphatic heterocycles. The molecule has 0 aromatic carbocycles. The number of aromatic nitrogens is 1. The maximum absolute atomic E-state index is 13.7. The number of aryl methyl sites for hydroxylation is 1. The lowest BCUT2D eigenvalue weighted by molar-refractivity contribution is -0.396. The van der Waals surface area contributed by atoms with Gasteiger partial charge in [0.2, 0.25) is 0 Å². The van der Waals surface area contributed by atoms with E-state index in [2.05, 4.69) is 19.2 Å². The molecule has 1 heterocycles. The molecule has 0 aliphatic carbocycles. The fourth-order valence-corrected chi connectivity index (χ4v) is 3.30. The van der Waals surface area contributed by atoms with Crippen molar-refractivity contribution < 1.29 is 66.0 Å². The van der Waals surface area contributed by atoms with Gasteiger partial charge in [0.15, 0.2) is 0 Å². The van der Waals surface area contributed by atoms with Crippen LogP contribution in [0, 0.1) is 6.92 Å². The van der Waals surface area contributed by atoms with Gasteiger partial charge in [-0.3, -0.25) is 4.74 Å². The average molecular weight is 570 g/mol. The third kappa shape index (κ3) is 18.0. The van der Waals surface area contributed by atoms with Gasteiger partial charge in [0.1, 0.15) is 32.2 Å². The Morgan fingerprint density at radius 3 is 1.95 bits per heavy atom. The first-order chi connectivity index (χ1) is 17.5. The smallest absolute Gasteiger partial charge is 0.383 e. The zero-order valence-corrected chi connectivity index (χ0v) is 21.3. The first kappa shape index (κ1) is 34.0. The van der Waals surface area contributed by atoms with Crippen LogP contribution in [0.1, 0.15) is 10.6 Å². The van der Waals surface area contributed by atoms with E-state index in [4.69, 9.17) is 24.1 Å². The topological polar surface area (TPSA) is 138 Å². The molecule has 16 heteroatoms. The molecule has 2 unspecified atom stereocenters. The van der Waals surface area contributed by atoms with Gasteiger partial charge in [-0.2, -0.15) is 17.6 Å². The van der Waals surface area contributed by atoms with Gasteiger partial charge in [0.25, 0.3) is 0 Å². The highest BCUT2D eigenvalue weighted by molar-refractivity contribution is 7.09. The van der Waals surface area contributed by atoms with E-state index in [1.165, 1.54) is 11.3 Å². The summed E-state index contributed by atoms with van der Waals surface area (Å²) in [6.45, 7) is -2.52. The number of hydrogen-bond acceptors (Lipinski definition) is 12. The van der Waals surface area contributed by atoms with Gasteiger partial charge in [-0.1, -0.05) is 0 Å². The summed E-state index contributed by atoms with van der Waals surface area (Å²) in [5, 5.41) is 27.7. The van der Waals surface area contributed by atoms with Gasteiger partial charge >= 0.3 is 12.2 Å². The minimum absolute atomic E-state index is 0.00536. The summed E-state index contributed by atoms with van der Waals surface area (Å²) in [6.07, 6.45) is -10.2. The van der Waals surface area contributed by atoms with Gasteiger partial charge in [0.05, 0.1) is 70.7 Å². The summed E-state index contributed by atoms with van der Waals surface area (Å²) in [4.78, 5) is 5.12. The van der Waals surface area contributed by atoms with Crippen molar-refractivity contribution in [2.75, 3.05) is 79.5 Å². The van der Waals surface area contributed by atoms with Crippen molar-refractivity contribution >= 4 is 11.3 Å². The summed E-state index contributed by atoms with van der Waals surface area (Å²) in [6, 6.07) is 0. The molecule has 0 bridgehead atoms. The summed E-state index contributed by atoms with van der Waals surface area (Å²) in [5.74, 6) is 0. The molecule has 0 fully saturated rings. The van der Waals surface area contributed by atoms with Crippen LogP contribution in [0.5, 0.6) is 0 Å². The van der Waals surface area contributed by atoms with Crippen LogP contribution < -0.4 is 0 Å². The first-order valence-electron chi connectivity index (χ1n) is 11.3. The minimum atomic E-state index is -4.34. The molecule has 0 amide bonds. The molecule has 1 rings (SSSR count). The Morgan fingerprint density at radius 2 is 1.35 bits per heavy atom. The van der Waals surface area contributed by atoms with E-state index in [0.29, 0.717) is 6.42 Å². The second-order valence-electron chi connectivity index (χ2n) is 7.63. The third-order valence-electron chi connectivity index (χ3n) is 4.17. The maximum Gasteiger partial charge on any atom is 0.383 e. The van der Waals surface area contributed by atoms with Crippen molar-refractivity contribution in [1.29, 1.82) is 0 Å². The average Bonchev–Trinajstić information content (AvgIpc) is 3.22. The quantitative estimate of drug-likeness (QED) is 0.0933. The van der Waals surface area contributed by atoms with Crippen LogP contribution in [-0.2, 0) is 39.6 Å². The summed E-state index contributed by atoms with van der Waals surface area (Å²) >= 11 is 1.47. The molecule has 0 saturated heterocycles. The molecule has 1 aromatic heterocycles. The van der Waals surface area contributed by atoms with Gasteiger partial charge < -0.3 is 43.7 Å². The highest BCUT2D eigenvalue weighted by atomic mass is 32.1. The molecular formula is C21H35F4NO10S. The highest BCUT2D eigenvalue weighted by Gasteiger charge is 2.44. The van der Waals surface area contributed by atoms with Crippen molar-refractivity contribution in [3.63, 3.8) is 0 Å². The molecule has 0 radical (unpaired) electrons. The van der Waals surface area contributed by atoms with E-state index in [-0.39, 0.29) is 52.9 Å². The number of aliphatic hydroxyl groups is 3. The number of nitrogens with zero attached hydrogens (tertiary/aromatic N) is 1. The number of ether oxygens (including phenoxy) is 7. The Hall–Kier alpha value is -1.05. The van der Waals surface area contributed by atoms with Crippen LogP contribution in [0.2, 0.25) is 0 Å². The van der Waals surface area contributed by atoms with E-state index >= 15 is 0 Å². The van der Waals surface area contributed by atoms with E-state index in [0.717, 1.165) is 10.6 Å². The van der Waals surface area contributed by atoms with Crippen LogP contribution in [0.3, 0.4) is 0 Å². The Morgan fingerprint density at radius 1 is 0.811 bits per heavy atom. The second-order valence-corrected chi connectivity index (χ2v) is 8.57. The van der Waals surface area contributed by atoms with Crippen molar-refractivity contribution in [3.8, 4) is 0 Å². The summed E-state index contributed by atoms with van der Waals surface area (Å²) in [5.41, 5.74) is 2.58. The number of aliphatic hydroxyl groups excluding tert-OH is 3. The predicted octanol–water partition coefficient (Wildman–Crippen LogP) is 0.967. The lowest BCUT2D eigenvalue weighted by atomic mass is 10.3. The zero-order valence-electron chi connectivity index (χ0n) is 20.5. The van der Waals surface area contributed by atoms with E-state index in [9.17, 15) is 27.8 Å². The van der Waals surface area contributed by atoms with Crippen molar-refractivity contribution in [1.82, 2.24) is 4.98 Å². The third-order valence-corrected chi connectivity index (χ3v) is 5.17. The van der Waals surface area contributed by atoms with Crippen molar-refractivity contribution in [2.45, 2.75) is 37.8 Å². The molecule has 218 valence electrons. The van der Waals surface area contributed by atoms with Crippen LogP contribution in [-0.4, -0.2) is 124 Å². The lowest BCUT2D eigenvalue weighted by Gasteiger charge is -2.24. The standard InChI is InChI=1S/C21H35F4NO10S/c1-16-19(37-14-26-16)2-4-30-8-18(29)11-34-12-20(22,23)36-21(24,25)13-35-15-33-7-6-32-10-17(28)9-31-5-3-27/h14,17-18,27-29H,2-13,15H2,1H3. The molecule has 0 spiro atoms. The molecular weight excluding hydrogens is 534 g/mol. The molecule has 0 aliphatic rings. The van der Waals surface area contributed by atoms with Crippen LogP contribution in [0.4, 0.5) is 17.6 Å². The minimum Gasteiger partial charge on any atom is -0.394 e. The van der Waals surface area contributed by atoms with Gasteiger partial charge in [-0.05, 0) is 6.92 Å². The van der Waals surface area contributed by atoms with Crippen molar-refractivity contribution in [3.05, 3.63) is 16.1 Å². The lowest BCUT2D eigenvalue weighted by Crippen LogP contribution is -2.40. The van der Waals surface area contributed by atoms with Crippen LogP contribution >= 0.6 is 11.3 Å². The largest absolute Gasteiger partial charge is 0.394 e. The van der Waals surface area contributed by atoms with Gasteiger partial charge in [-0.25, -0.2) is 4.98 Å². The van der Waals surface area contributed by atoms with Crippen molar-refractivity contribution in [2.24, 2.45) is 0 Å². The number of rotatable bonds is 24. The fourth-order valence-electron chi connectivity index (χ4n) is 2.54. The van der Waals surface area contributed by atoms with Gasteiger partial charge in [0, 0.05) is 11.3 Å². The summed E-state index contributed by atoms with van der Waals surface area (Å²) in [7, 11) is 0. The highest BCUT2D eigenvalue weighted by Crippen LogP contribution is 2.27. The molecule has 11 nitrogen and oxygen atoms in total. The Balaban J connectivity index is 2.06. The zero-order chi connectivity index (χ0) is 27.6. The predicted molar refractivity (Wildman–Crippen MR) is 121 cm³/mol. The van der Waals surface area contributed by atoms with E-state index in [1.807, 2.05) is 6.92 Å². The molecule has 37 heavy (non-hydrogen) atoms. The monoisotopic (exact) mass is 569 g/mol. The van der Waals surface area contributed by atoms with Gasteiger partial charge in [-0.15, -0.1) is 11.3 Å². The normalized spacial score (nSPS) is 14.3. The maximum atomic E-state index is 13.7. The number of hydrogen-bond donors (Lipinski definition) is 3. The Bertz CT molecular complexity index is 704. The molecule has 1 aromatic rings. The Kier molecular flexibility index (Phi) is 17.5. The second kappa shape index (κ2) is 19.1. The SMILES string of the molecule is Cc1ncsc1CCOCC(O)COCC(F)(F)OC(F)(F)COCOCCOCC(O)COCCO. The summed E-state index contributed by atoms with van der Waals surface area (Å²) < 4.78 is 87.2. The van der Waals surface area contributed by atoms with Crippen LogP contribution in [0.25, 0.3) is 0 Å². The first-order valence-corrected chi connectivity index (χ1v) is 12.2.